The number of rotatable bonds is 6. The minimum Gasteiger partial charge on any atom is -0.382 e. The Kier molecular flexibility index (Phi) is 5.85. The fourth-order valence-electron chi connectivity index (χ4n) is 2.65. The van der Waals surface area contributed by atoms with Gasteiger partial charge in [0.15, 0.2) is 5.13 Å². The van der Waals surface area contributed by atoms with Gasteiger partial charge in [0.1, 0.15) is 10.7 Å². The molecule has 5 nitrogen and oxygen atoms in total. The number of amides is 1. The smallest absolute Gasteiger partial charge is 0.265 e. The number of carbonyl (C=O) groups is 1. The Morgan fingerprint density at radius 3 is 2.76 bits per heavy atom. The van der Waals surface area contributed by atoms with E-state index in [9.17, 15) is 4.79 Å². The molecule has 1 aliphatic rings. The van der Waals surface area contributed by atoms with Crippen molar-refractivity contribution in [3.8, 4) is 0 Å². The van der Waals surface area contributed by atoms with E-state index in [1.54, 1.807) is 0 Å². The molecule has 0 radical (unpaired) electrons. The second kappa shape index (κ2) is 7.64. The Bertz CT molecular complexity index is 466. The normalized spacial score (nSPS) is 22.0. The van der Waals surface area contributed by atoms with Gasteiger partial charge in [0.25, 0.3) is 5.91 Å². The molecule has 1 aromatic heterocycles. The maximum absolute atomic E-state index is 12.2. The zero-order valence-electron chi connectivity index (χ0n) is 12.9. The topological polar surface area (TPSA) is 80.0 Å². The molecule has 1 aliphatic carbocycles. The van der Waals surface area contributed by atoms with E-state index in [1.807, 2.05) is 0 Å². The number of aromatic nitrogens is 1. The van der Waals surface area contributed by atoms with Crippen LogP contribution in [0, 0.1) is 11.8 Å². The minimum atomic E-state index is -0.0897. The summed E-state index contributed by atoms with van der Waals surface area (Å²) in [7, 11) is 0. The highest BCUT2D eigenvalue weighted by Crippen LogP contribution is 2.28. The first-order valence-corrected chi connectivity index (χ1v) is 8.70. The van der Waals surface area contributed by atoms with Gasteiger partial charge >= 0.3 is 0 Å². The van der Waals surface area contributed by atoms with Crippen LogP contribution in [0.1, 0.15) is 55.6 Å². The molecule has 0 aromatic carbocycles. The molecule has 6 heteroatoms. The van der Waals surface area contributed by atoms with Crippen LogP contribution in [-0.4, -0.2) is 24.0 Å². The van der Waals surface area contributed by atoms with E-state index in [0.29, 0.717) is 16.6 Å². The van der Waals surface area contributed by atoms with Crippen molar-refractivity contribution < 1.29 is 4.79 Å². The van der Waals surface area contributed by atoms with E-state index in [-0.39, 0.29) is 5.91 Å². The van der Waals surface area contributed by atoms with E-state index in [0.717, 1.165) is 30.6 Å². The van der Waals surface area contributed by atoms with Gasteiger partial charge in [-0.3, -0.25) is 4.79 Å². The molecule has 0 aliphatic heterocycles. The average Bonchev–Trinajstić information content (AvgIpc) is 2.85. The molecule has 118 valence electrons. The van der Waals surface area contributed by atoms with Gasteiger partial charge in [0.2, 0.25) is 0 Å². The predicted octanol–water partition coefficient (Wildman–Crippen LogP) is 3.10. The number of nitrogens with two attached hydrogens (primary N) is 1. The van der Waals surface area contributed by atoms with Gasteiger partial charge < -0.3 is 16.4 Å². The second-order valence-corrected chi connectivity index (χ2v) is 7.00. The highest BCUT2D eigenvalue weighted by Gasteiger charge is 2.21. The summed E-state index contributed by atoms with van der Waals surface area (Å²) in [5.41, 5.74) is 5.84. The van der Waals surface area contributed by atoms with Gasteiger partial charge in [-0.2, -0.15) is 0 Å². The molecule has 0 atom stereocenters. The standard InChI is InChI=1S/C15H26N4OS/c1-3-8-17-15-19-13(16)12(21-15)14(20)18-9-11-6-4-10(2)5-7-11/h10-11H,3-9,16H2,1-2H3,(H,17,19)(H,18,20). The molecule has 1 heterocycles. The summed E-state index contributed by atoms with van der Waals surface area (Å²) >= 11 is 1.34. The summed E-state index contributed by atoms with van der Waals surface area (Å²) in [6.07, 6.45) is 5.98. The van der Waals surface area contributed by atoms with Gasteiger partial charge in [-0.25, -0.2) is 4.98 Å². The van der Waals surface area contributed by atoms with Crippen LogP contribution in [0.3, 0.4) is 0 Å². The third-order valence-electron chi connectivity index (χ3n) is 4.07. The minimum absolute atomic E-state index is 0.0897. The van der Waals surface area contributed by atoms with E-state index in [4.69, 9.17) is 5.73 Å². The lowest BCUT2D eigenvalue weighted by Crippen LogP contribution is -2.31. The van der Waals surface area contributed by atoms with Crippen molar-refractivity contribution in [1.29, 1.82) is 0 Å². The van der Waals surface area contributed by atoms with Crippen LogP contribution in [0.25, 0.3) is 0 Å². The fraction of sp³-hybridized carbons (Fsp3) is 0.733. The third-order valence-corrected chi connectivity index (χ3v) is 5.10. The lowest BCUT2D eigenvalue weighted by atomic mass is 9.83. The zero-order valence-corrected chi connectivity index (χ0v) is 13.8. The van der Waals surface area contributed by atoms with E-state index >= 15 is 0 Å². The summed E-state index contributed by atoms with van der Waals surface area (Å²) in [6, 6.07) is 0. The molecule has 1 amide bonds. The summed E-state index contributed by atoms with van der Waals surface area (Å²) in [5.74, 6) is 1.68. The second-order valence-electron chi connectivity index (χ2n) is 6.00. The van der Waals surface area contributed by atoms with Crippen LogP contribution >= 0.6 is 11.3 Å². The first kappa shape index (κ1) is 16.1. The predicted molar refractivity (Wildman–Crippen MR) is 88.8 cm³/mol. The number of nitrogen functional groups attached to an aromatic ring is 1. The largest absolute Gasteiger partial charge is 0.382 e. The molecule has 0 saturated heterocycles. The van der Waals surface area contributed by atoms with E-state index < -0.39 is 0 Å². The first-order chi connectivity index (χ1) is 10.1. The van der Waals surface area contributed by atoms with E-state index in [2.05, 4.69) is 29.5 Å². The Morgan fingerprint density at radius 1 is 1.38 bits per heavy atom. The molecule has 0 bridgehead atoms. The molecular weight excluding hydrogens is 284 g/mol. The summed E-state index contributed by atoms with van der Waals surface area (Å²) in [6.45, 7) is 5.98. The molecule has 1 fully saturated rings. The molecule has 1 saturated carbocycles. The van der Waals surface area contributed by atoms with Crippen molar-refractivity contribution >= 4 is 28.2 Å². The van der Waals surface area contributed by atoms with Crippen LogP contribution in [0.4, 0.5) is 10.9 Å². The van der Waals surface area contributed by atoms with Crippen molar-refractivity contribution in [3.63, 3.8) is 0 Å². The lowest BCUT2D eigenvalue weighted by molar-refractivity contribution is 0.0946. The van der Waals surface area contributed by atoms with Gasteiger partial charge in [-0.15, -0.1) is 0 Å². The highest BCUT2D eigenvalue weighted by molar-refractivity contribution is 7.18. The number of nitrogens with zero attached hydrogens (tertiary/aromatic N) is 1. The monoisotopic (exact) mass is 310 g/mol. The maximum atomic E-state index is 12.2. The van der Waals surface area contributed by atoms with Crippen molar-refractivity contribution in [3.05, 3.63) is 4.88 Å². The van der Waals surface area contributed by atoms with Crippen LogP contribution in [0.5, 0.6) is 0 Å². The number of anilines is 2. The average molecular weight is 310 g/mol. The van der Waals surface area contributed by atoms with Crippen molar-refractivity contribution in [2.24, 2.45) is 11.8 Å². The zero-order chi connectivity index (χ0) is 15.2. The summed E-state index contributed by atoms with van der Waals surface area (Å²) < 4.78 is 0. The van der Waals surface area contributed by atoms with Gasteiger partial charge in [0, 0.05) is 13.1 Å². The molecule has 2 rings (SSSR count). The summed E-state index contributed by atoms with van der Waals surface area (Å²) in [5, 5.41) is 6.91. The lowest BCUT2D eigenvalue weighted by Gasteiger charge is -2.26. The quantitative estimate of drug-likeness (QED) is 0.754. The summed E-state index contributed by atoms with van der Waals surface area (Å²) in [4.78, 5) is 16.9. The van der Waals surface area contributed by atoms with Gasteiger partial charge in [0.05, 0.1) is 0 Å². The van der Waals surface area contributed by atoms with Crippen LogP contribution in [0.2, 0.25) is 0 Å². The number of nitrogens with one attached hydrogen (secondary N) is 2. The molecule has 21 heavy (non-hydrogen) atoms. The Labute approximate surface area is 130 Å². The van der Waals surface area contributed by atoms with Crippen molar-refractivity contribution in [2.45, 2.75) is 46.0 Å². The van der Waals surface area contributed by atoms with Crippen LogP contribution in [0.15, 0.2) is 0 Å². The van der Waals surface area contributed by atoms with Gasteiger partial charge in [-0.05, 0) is 31.1 Å². The first-order valence-electron chi connectivity index (χ1n) is 7.88. The Balaban J connectivity index is 1.84. The number of hydrogen-bond acceptors (Lipinski definition) is 5. The van der Waals surface area contributed by atoms with Crippen LogP contribution in [-0.2, 0) is 0 Å². The fourth-order valence-corrected chi connectivity index (χ4v) is 3.48. The Hall–Kier alpha value is -1.30. The molecule has 0 unspecified atom stereocenters. The van der Waals surface area contributed by atoms with Gasteiger partial charge in [-0.1, -0.05) is 38.0 Å². The molecule has 1 aromatic rings. The number of thiazole rings is 1. The molecular formula is C15H26N4OS. The van der Waals surface area contributed by atoms with E-state index in [1.165, 1.54) is 37.0 Å². The number of carbonyl (C=O) groups excluding carboxylic acids is 1. The van der Waals surface area contributed by atoms with Crippen molar-refractivity contribution in [1.82, 2.24) is 10.3 Å². The SMILES string of the molecule is CCCNc1nc(N)c(C(=O)NCC2CCC(C)CC2)s1. The number of hydrogen-bond donors (Lipinski definition) is 3. The highest BCUT2D eigenvalue weighted by atomic mass is 32.1. The van der Waals surface area contributed by atoms with Crippen LogP contribution < -0.4 is 16.4 Å². The molecule has 0 spiro atoms. The Morgan fingerprint density at radius 2 is 2.10 bits per heavy atom. The maximum Gasteiger partial charge on any atom is 0.265 e. The third kappa shape index (κ3) is 4.59. The van der Waals surface area contributed by atoms with Crippen molar-refractivity contribution in [2.75, 3.05) is 24.1 Å². The molecule has 4 N–H and O–H groups in total.